The van der Waals surface area contributed by atoms with Gasteiger partial charge in [0.15, 0.2) is 5.78 Å². The molecule has 3 atom stereocenters. The topological polar surface area (TPSA) is 130 Å². The van der Waals surface area contributed by atoms with E-state index in [1.54, 1.807) is 24.3 Å². The molecule has 0 radical (unpaired) electrons. The van der Waals surface area contributed by atoms with Crippen LogP contribution in [-0.2, 0) is 14.4 Å². The number of ether oxygens (including phenoxy) is 1. The van der Waals surface area contributed by atoms with Crippen molar-refractivity contribution in [2.45, 2.75) is 44.2 Å². The number of carboxylic acids is 2. The molecule has 1 amide bonds. The van der Waals surface area contributed by atoms with Gasteiger partial charge in [0.1, 0.15) is 16.8 Å². The van der Waals surface area contributed by atoms with E-state index >= 15 is 0 Å². The Morgan fingerprint density at radius 1 is 0.921 bits per heavy atom. The molecule has 4 rings (SSSR count). The summed E-state index contributed by atoms with van der Waals surface area (Å²) in [6.45, 7) is 0. The Balaban J connectivity index is 1.43. The van der Waals surface area contributed by atoms with Gasteiger partial charge < -0.3 is 20.3 Å². The fourth-order valence-corrected chi connectivity index (χ4v) is 5.10. The third kappa shape index (κ3) is 6.09. The normalized spacial score (nSPS) is 17.6. The SMILES string of the molecule is O=C(O)CC[C@H](NC(=O)[C@H]1CC[C@H](Oc2ccc(C(=O)c3cccc4ccccc34)c(Cl)c2Cl)C1)C(=O)O. The molecule has 1 aliphatic carbocycles. The standard InChI is InChI=1S/C28H25Cl2NO7/c29-24-20(26(34)19-7-3-5-15-4-1-2-6-18(15)19)10-12-22(25(24)30)38-17-9-8-16(14-17)27(35)31-21(28(36)37)11-13-23(32)33/h1-7,10,12,16-17,21H,8-9,11,13-14H2,(H,31,35)(H,32,33)(H,36,37)/t16-,17-,21-/m0/s1. The lowest BCUT2D eigenvalue weighted by molar-refractivity contribution is -0.143. The first kappa shape index (κ1) is 27.4. The Labute approximate surface area is 228 Å². The summed E-state index contributed by atoms with van der Waals surface area (Å²) in [6, 6.07) is 14.9. The summed E-state index contributed by atoms with van der Waals surface area (Å²) in [5.41, 5.74) is 0.743. The second kappa shape index (κ2) is 11.8. The van der Waals surface area contributed by atoms with Crippen molar-refractivity contribution in [2.24, 2.45) is 5.92 Å². The Kier molecular flexibility index (Phi) is 8.54. The fraction of sp³-hybridized carbons (Fsp3) is 0.286. The van der Waals surface area contributed by atoms with E-state index in [-0.39, 0.29) is 46.1 Å². The van der Waals surface area contributed by atoms with Gasteiger partial charge in [-0.25, -0.2) is 4.79 Å². The second-order valence-electron chi connectivity index (χ2n) is 9.18. The van der Waals surface area contributed by atoms with Crippen LogP contribution in [-0.4, -0.2) is 46.0 Å². The number of hydrogen-bond donors (Lipinski definition) is 3. The van der Waals surface area contributed by atoms with E-state index in [1.165, 1.54) is 0 Å². The molecule has 1 aliphatic rings. The van der Waals surface area contributed by atoms with Crippen molar-refractivity contribution < 1.29 is 34.1 Å². The highest BCUT2D eigenvalue weighted by atomic mass is 35.5. The molecule has 0 saturated heterocycles. The number of halogens is 2. The highest BCUT2D eigenvalue weighted by Crippen LogP contribution is 2.39. The predicted molar refractivity (Wildman–Crippen MR) is 142 cm³/mol. The Bertz CT molecular complexity index is 1400. The summed E-state index contributed by atoms with van der Waals surface area (Å²) >= 11 is 13.0. The number of aliphatic carboxylic acids is 2. The van der Waals surface area contributed by atoms with Gasteiger partial charge in [-0.1, -0.05) is 65.7 Å². The van der Waals surface area contributed by atoms with Gasteiger partial charge in [0, 0.05) is 23.5 Å². The van der Waals surface area contributed by atoms with Crippen molar-refractivity contribution in [3.63, 3.8) is 0 Å². The molecule has 8 nitrogen and oxygen atoms in total. The Morgan fingerprint density at radius 2 is 1.66 bits per heavy atom. The quantitative estimate of drug-likeness (QED) is 0.286. The van der Waals surface area contributed by atoms with Crippen molar-refractivity contribution in [3.05, 3.63) is 75.8 Å². The maximum atomic E-state index is 13.3. The van der Waals surface area contributed by atoms with Gasteiger partial charge in [-0.05, 0) is 48.6 Å². The number of carbonyl (C=O) groups excluding carboxylic acids is 2. The van der Waals surface area contributed by atoms with Gasteiger partial charge in [-0.2, -0.15) is 0 Å². The molecule has 0 bridgehead atoms. The van der Waals surface area contributed by atoms with E-state index in [0.29, 0.717) is 24.8 Å². The van der Waals surface area contributed by atoms with Gasteiger partial charge in [-0.15, -0.1) is 0 Å². The summed E-state index contributed by atoms with van der Waals surface area (Å²) in [4.78, 5) is 48.1. The van der Waals surface area contributed by atoms with Gasteiger partial charge in [-0.3, -0.25) is 14.4 Å². The average molecular weight is 558 g/mol. The molecular weight excluding hydrogens is 533 g/mol. The number of ketones is 1. The third-order valence-electron chi connectivity index (χ3n) is 6.64. The van der Waals surface area contributed by atoms with Gasteiger partial charge in [0.05, 0.1) is 11.1 Å². The minimum atomic E-state index is -1.29. The van der Waals surface area contributed by atoms with Crippen LogP contribution in [0.4, 0.5) is 0 Å². The molecule has 10 heteroatoms. The lowest BCUT2D eigenvalue weighted by atomic mass is 9.97. The van der Waals surface area contributed by atoms with Gasteiger partial charge in [0.2, 0.25) is 5.91 Å². The number of amides is 1. The number of carboxylic acid groups (broad SMARTS) is 2. The molecule has 3 aromatic rings. The molecule has 3 N–H and O–H groups in total. The van der Waals surface area contributed by atoms with Crippen LogP contribution in [0.5, 0.6) is 5.75 Å². The van der Waals surface area contributed by atoms with E-state index in [1.807, 2.05) is 30.3 Å². The molecule has 0 spiro atoms. The Hall–Kier alpha value is -3.62. The van der Waals surface area contributed by atoms with E-state index in [4.69, 9.17) is 33.0 Å². The molecular formula is C28H25Cl2NO7. The maximum Gasteiger partial charge on any atom is 0.326 e. The molecule has 0 aromatic heterocycles. The van der Waals surface area contributed by atoms with Crippen molar-refractivity contribution in [2.75, 3.05) is 0 Å². The molecule has 0 aliphatic heterocycles. The summed E-state index contributed by atoms with van der Waals surface area (Å²) in [7, 11) is 0. The van der Waals surface area contributed by atoms with Crippen LogP contribution in [0.25, 0.3) is 10.8 Å². The first-order valence-electron chi connectivity index (χ1n) is 12.1. The van der Waals surface area contributed by atoms with Crippen LogP contribution < -0.4 is 10.1 Å². The molecule has 0 heterocycles. The number of benzene rings is 3. The lowest BCUT2D eigenvalue weighted by Gasteiger charge is -2.18. The third-order valence-corrected chi connectivity index (χ3v) is 7.50. The number of nitrogens with one attached hydrogen (secondary N) is 1. The minimum absolute atomic E-state index is 0.0668. The molecule has 0 unspecified atom stereocenters. The van der Waals surface area contributed by atoms with Crippen LogP contribution >= 0.6 is 23.2 Å². The van der Waals surface area contributed by atoms with E-state index in [0.717, 1.165) is 10.8 Å². The second-order valence-corrected chi connectivity index (χ2v) is 9.93. The van der Waals surface area contributed by atoms with Gasteiger partial charge >= 0.3 is 11.9 Å². The smallest absolute Gasteiger partial charge is 0.326 e. The van der Waals surface area contributed by atoms with E-state index in [2.05, 4.69) is 5.32 Å². The zero-order valence-electron chi connectivity index (χ0n) is 20.2. The van der Waals surface area contributed by atoms with Crippen molar-refractivity contribution in [3.8, 4) is 5.75 Å². The van der Waals surface area contributed by atoms with E-state index < -0.39 is 29.8 Å². The van der Waals surface area contributed by atoms with E-state index in [9.17, 15) is 24.3 Å². The van der Waals surface area contributed by atoms with Crippen LogP contribution in [0.15, 0.2) is 54.6 Å². The van der Waals surface area contributed by atoms with Crippen LogP contribution in [0.1, 0.15) is 48.0 Å². The molecule has 1 fully saturated rings. The number of hydrogen-bond acceptors (Lipinski definition) is 5. The monoisotopic (exact) mass is 557 g/mol. The number of fused-ring (bicyclic) bond motifs is 1. The fourth-order valence-electron chi connectivity index (χ4n) is 4.65. The zero-order valence-corrected chi connectivity index (χ0v) is 21.7. The predicted octanol–water partition coefficient (Wildman–Crippen LogP) is 5.36. The lowest BCUT2D eigenvalue weighted by Crippen LogP contribution is -2.43. The molecule has 3 aromatic carbocycles. The first-order valence-corrected chi connectivity index (χ1v) is 12.8. The zero-order chi connectivity index (χ0) is 27.4. The summed E-state index contributed by atoms with van der Waals surface area (Å²) < 4.78 is 6.01. The average Bonchev–Trinajstić information content (AvgIpc) is 3.37. The van der Waals surface area contributed by atoms with Gasteiger partial charge in [0.25, 0.3) is 0 Å². The highest BCUT2D eigenvalue weighted by molar-refractivity contribution is 6.45. The summed E-state index contributed by atoms with van der Waals surface area (Å²) in [6.07, 6.45) is 0.357. The van der Waals surface area contributed by atoms with Crippen molar-refractivity contribution in [1.82, 2.24) is 5.32 Å². The summed E-state index contributed by atoms with van der Waals surface area (Å²) in [5.74, 6) is -3.37. The van der Waals surface area contributed by atoms with Crippen LogP contribution in [0.2, 0.25) is 10.0 Å². The number of carbonyl (C=O) groups is 4. The molecule has 1 saturated carbocycles. The van der Waals surface area contributed by atoms with Crippen LogP contribution in [0.3, 0.4) is 0 Å². The molecule has 38 heavy (non-hydrogen) atoms. The first-order chi connectivity index (χ1) is 18.2. The Morgan fingerprint density at radius 3 is 2.39 bits per heavy atom. The van der Waals surface area contributed by atoms with Crippen LogP contribution in [0, 0.1) is 5.92 Å². The van der Waals surface area contributed by atoms with Crippen molar-refractivity contribution >= 4 is 57.6 Å². The largest absolute Gasteiger partial charge is 0.489 e. The number of rotatable bonds is 10. The maximum absolute atomic E-state index is 13.3. The summed E-state index contributed by atoms with van der Waals surface area (Å²) in [5, 5.41) is 22.4. The minimum Gasteiger partial charge on any atom is -0.489 e. The van der Waals surface area contributed by atoms with Crippen molar-refractivity contribution in [1.29, 1.82) is 0 Å². The molecule has 198 valence electrons. The highest BCUT2D eigenvalue weighted by Gasteiger charge is 2.34.